The number of rotatable bonds is 5. The van der Waals surface area contributed by atoms with E-state index in [-0.39, 0.29) is 0 Å². The first-order chi connectivity index (χ1) is 15.7. The Bertz CT molecular complexity index is 1290. The summed E-state index contributed by atoms with van der Waals surface area (Å²) in [6, 6.07) is 20.0. The van der Waals surface area contributed by atoms with Crippen LogP contribution in [0, 0.1) is 6.92 Å². The lowest BCUT2D eigenvalue weighted by atomic mass is 9.98. The molecular formula is C27H28N4O. The van der Waals surface area contributed by atoms with Crippen molar-refractivity contribution in [3.05, 3.63) is 83.2 Å². The van der Waals surface area contributed by atoms with E-state index in [0.717, 1.165) is 35.6 Å². The molecule has 0 N–H and O–H groups in total. The average molecular weight is 425 g/mol. The first-order valence-corrected chi connectivity index (χ1v) is 11.6. The van der Waals surface area contributed by atoms with Crippen LogP contribution in [0.5, 0.6) is 5.75 Å². The minimum atomic E-state index is 0.391. The summed E-state index contributed by atoms with van der Waals surface area (Å²) in [5, 5.41) is 5.00. The second-order valence-corrected chi connectivity index (χ2v) is 8.99. The van der Waals surface area contributed by atoms with Gasteiger partial charge in [0.1, 0.15) is 5.75 Å². The highest BCUT2D eigenvalue weighted by atomic mass is 16.5. The molecule has 0 amide bonds. The minimum absolute atomic E-state index is 0.391. The molecule has 0 spiro atoms. The van der Waals surface area contributed by atoms with Gasteiger partial charge in [0.2, 0.25) is 0 Å². The molecule has 0 aliphatic carbocycles. The predicted octanol–water partition coefficient (Wildman–Crippen LogP) is 5.37. The summed E-state index contributed by atoms with van der Waals surface area (Å²) in [6.07, 6.45) is 5.49. The Kier molecular flexibility index (Phi) is 4.72. The van der Waals surface area contributed by atoms with E-state index in [1.807, 2.05) is 6.92 Å². The van der Waals surface area contributed by atoms with Gasteiger partial charge in [0, 0.05) is 54.0 Å². The van der Waals surface area contributed by atoms with E-state index in [4.69, 9.17) is 14.8 Å². The number of hydrogen-bond acceptors (Lipinski definition) is 4. The molecule has 1 fully saturated rings. The molecule has 6 rings (SSSR count). The molecule has 0 unspecified atom stereocenters. The fourth-order valence-electron chi connectivity index (χ4n) is 5.50. The SMILES string of the molecule is CCOc1ccccc1CN1[C@H]2CC[C@@H]1c1cnc3cc(-c4cccc(C)c4)nn3c1C2. The van der Waals surface area contributed by atoms with Gasteiger partial charge in [-0.05, 0) is 38.8 Å². The van der Waals surface area contributed by atoms with Gasteiger partial charge in [-0.1, -0.05) is 42.0 Å². The van der Waals surface area contributed by atoms with E-state index in [2.05, 4.69) is 77.1 Å². The Morgan fingerprint density at radius 3 is 2.84 bits per heavy atom. The van der Waals surface area contributed by atoms with E-state index < -0.39 is 0 Å². The quantitative estimate of drug-likeness (QED) is 0.432. The van der Waals surface area contributed by atoms with Crippen LogP contribution in [0.3, 0.4) is 0 Å². The average Bonchev–Trinajstić information content (AvgIpc) is 3.35. The van der Waals surface area contributed by atoms with E-state index in [1.54, 1.807) is 0 Å². The topological polar surface area (TPSA) is 42.7 Å². The van der Waals surface area contributed by atoms with Gasteiger partial charge in [-0.3, -0.25) is 4.90 Å². The summed E-state index contributed by atoms with van der Waals surface area (Å²) >= 11 is 0. The molecular weight excluding hydrogens is 396 g/mol. The number of benzene rings is 2. The molecule has 4 aromatic rings. The highest BCUT2D eigenvalue weighted by molar-refractivity contribution is 5.65. The monoisotopic (exact) mass is 424 g/mol. The molecule has 5 heteroatoms. The predicted molar refractivity (Wildman–Crippen MR) is 126 cm³/mol. The molecule has 0 radical (unpaired) electrons. The van der Waals surface area contributed by atoms with Crippen molar-refractivity contribution in [2.45, 2.75) is 51.7 Å². The standard InChI is InChI=1S/C27H28N4O/c1-3-32-26-10-5-4-8-20(26)17-30-21-11-12-24(30)22-16-28-27-15-23(29-31(27)25(22)14-21)19-9-6-7-18(2)13-19/h4-10,13,15-16,21,24H,3,11-12,14,17H2,1-2H3/t21-,24+/m0/s1. The van der Waals surface area contributed by atoms with E-state index in [9.17, 15) is 0 Å². The van der Waals surface area contributed by atoms with Gasteiger partial charge in [-0.2, -0.15) is 5.10 Å². The molecule has 2 aliphatic heterocycles. The largest absolute Gasteiger partial charge is 0.494 e. The van der Waals surface area contributed by atoms with E-state index in [1.165, 1.54) is 35.2 Å². The van der Waals surface area contributed by atoms with Crippen molar-refractivity contribution in [3.8, 4) is 17.0 Å². The van der Waals surface area contributed by atoms with Crippen LogP contribution in [-0.2, 0) is 13.0 Å². The Balaban J connectivity index is 1.36. The highest BCUT2D eigenvalue weighted by Crippen LogP contribution is 2.45. The van der Waals surface area contributed by atoms with Gasteiger partial charge < -0.3 is 4.74 Å². The van der Waals surface area contributed by atoms with Crippen molar-refractivity contribution in [1.29, 1.82) is 0 Å². The first-order valence-electron chi connectivity index (χ1n) is 11.6. The van der Waals surface area contributed by atoms with Crippen molar-refractivity contribution in [3.63, 3.8) is 0 Å². The summed E-state index contributed by atoms with van der Waals surface area (Å²) < 4.78 is 8.00. The number of nitrogens with zero attached hydrogens (tertiary/aromatic N) is 4. The van der Waals surface area contributed by atoms with Crippen LogP contribution in [0.2, 0.25) is 0 Å². The Morgan fingerprint density at radius 2 is 1.97 bits per heavy atom. The normalized spacial score (nSPS) is 19.9. The maximum atomic E-state index is 5.90. The summed E-state index contributed by atoms with van der Waals surface area (Å²) in [7, 11) is 0. The van der Waals surface area contributed by atoms with E-state index >= 15 is 0 Å². The molecule has 2 atom stereocenters. The smallest absolute Gasteiger partial charge is 0.155 e. The van der Waals surface area contributed by atoms with Crippen LogP contribution in [0.1, 0.15) is 48.2 Å². The number of ether oxygens (including phenoxy) is 1. The molecule has 2 aromatic heterocycles. The van der Waals surface area contributed by atoms with Gasteiger partial charge in [-0.25, -0.2) is 9.50 Å². The van der Waals surface area contributed by atoms with Crippen LogP contribution in [0.4, 0.5) is 0 Å². The summed E-state index contributed by atoms with van der Waals surface area (Å²) in [5.74, 6) is 1.00. The summed E-state index contributed by atoms with van der Waals surface area (Å²) in [5.41, 5.74) is 8.26. The maximum Gasteiger partial charge on any atom is 0.155 e. The van der Waals surface area contributed by atoms with Crippen molar-refractivity contribution in [2.75, 3.05) is 6.61 Å². The van der Waals surface area contributed by atoms with Gasteiger partial charge >= 0.3 is 0 Å². The third-order valence-corrected chi connectivity index (χ3v) is 6.99. The fourth-order valence-corrected chi connectivity index (χ4v) is 5.50. The molecule has 2 aromatic carbocycles. The maximum absolute atomic E-state index is 5.90. The molecule has 5 nitrogen and oxygen atoms in total. The van der Waals surface area contributed by atoms with Crippen molar-refractivity contribution in [2.24, 2.45) is 0 Å². The minimum Gasteiger partial charge on any atom is -0.494 e. The molecule has 1 saturated heterocycles. The van der Waals surface area contributed by atoms with Crippen LogP contribution >= 0.6 is 0 Å². The van der Waals surface area contributed by atoms with E-state index in [0.29, 0.717) is 18.7 Å². The van der Waals surface area contributed by atoms with Crippen molar-refractivity contribution < 1.29 is 4.74 Å². The second kappa shape index (κ2) is 7.75. The van der Waals surface area contributed by atoms with Crippen LogP contribution in [0.25, 0.3) is 16.9 Å². The highest BCUT2D eigenvalue weighted by Gasteiger charge is 2.41. The van der Waals surface area contributed by atoms with Crippen LogP contribution in [0.15, 0.2) is 60.8 Å². The Morgan fingerprint density at radius 1 is 1.06 bits per heavy atom. The Hall–Kier alpha value is -3.18. The number of para-hydroxylation sites is 1. The lowest BCUT2D eigenvalue weighted by molar-refractivity contribution is 0.162. The van der Waals surface area contributed by atoms with Gasteiger partial charge in [-0.15, -0.1) is 0 Å². The summed E-state index contributed by atoms with van der Waals surface area (Å²) in [4.78, 5) is 7.47. The molecule has 0 saturated carbocycles. The van der Waals surface area contributed by atoms with Crippen molar-refractivity contribution >= 4 is 5.65 Å². The lowest BCUT2D eigenvalue weighted by Gasteiger charge is -2.36. The molecule has 2 aliphatic rings. The molecule has 4 heterocycles. The zero-order valence-corrected chi connectivity index (χ0v) is 18.7. The molecule has 162 valence electrons. The third-order valence-electron chi connectivity index (χ3n) is 6.99. The molecule has 2 bridgehead atoms. The third kappa shape index (κ3) is 3.19. The Labute approximate surface area is 188 Å². The first kappa shape index (κ1) is 19.5. The second-order valence-electron chi connectivity index (χ2n) is 8.99. The van der Waals surface area contributed by atoms with Crippen LogP contribution < -0.4 is 4.74 Å². The zero-order valence-electron chi connectivity index (χ0n) is 18.7. The van der Waals surface area contributed by atoms with Gasteiger partial charge in [0.05, 0.1) is 18.0 Å². The lowest BCUT2D eigenvalue weighted by Crippen LogP contribution is -2.38. The van der Waals surface area contributed by atoms with Gasteiger partial charge in [0.15, 0.2) is 5.65 Å². The number of hydrogen-bond donors (Lipinski definition) is 0. The van der Waals surface area contributed by atoms with Gasteiger partial charge in [0.25, 0.3) is 0 Å². The zero-order chi connectivity index (χ0) is 21.7. The molecule has 32 heavy (non-hydrogen) atoms. The number of aryl methyl sites for hydroxylation is 1. The fraction of sp³-hybridized carbons (Fsp3) is 0.333. The summed E-state index contributed by atoms with van der Waals surface area (Å²) in [6.45, 7) is 5.77. The number of aromatic nitrogens is 3. The van der Waals surface area contributed by atoms with Crippen molar-refractivity contribution in [1.82, 2.24) is 19.5 Å². The van der Waals surface area contributed by atoms with Crippen LogP contribution in [-0.4, -0.2) is 32.1 Å². The number of fused-ring (bicyclic) bond motifs is 6.